The summed E-state index contributed by atoms with van der Waals surface area (Å²) in [5, 5.41) is 6.81. The van der Waals surface area contributed by atoms with Crippen molar-refractivity contribution in [1.29, 1.82) is 0 Å². The molecule has 1 N–H and O–H groups in total. The van der Waals surface area contributed by atoms with Crippen molar-refractivity contribution in [2.24, 2.45) is 0 Å². The van der Waals surface area contributed by atoms with E-state index in [1.165, 1.54) is 0 Å². The Morgan fingerprint density at radius 2 is 2.04 bits per heavy atom. The highest BCUT2D eigenvalue weighted by molar-refractivity contribution is 6.02. The van der Waals surface area contributed by atoms with Crippen LogP contribution in [0.3, 0.4) is 0 Å². The van der Waals surface area contributed by atoms with E-state index >= 15 is 0 Å². The minimum absolute atomic E-state index is 0.283. The van der Waals surface area contributed by atoms with Crippen molar-refractivity contribution in [3.8, 4) is 0 Å². The molecule has 1 aliphatic rings. The highest BCUT2D eigenvalue weighted by atomic mass is 16.5. The lowest BCUT2D eigenvalue weighted by Crippen LogP contribution is -2.17. The van der Waals surface area contributed by atoms with Gasteiger partial charge in [-0.05, 0) is 37.1 Å². The Hall–Kier alpha value is -3.48. The SMILES string of the molecule is O=C(Nc1nc2ccccc2n1CCc1ccccn1)c1cc(C2CC2)on1. The number of nitrogens with zero attached hydrogens (tertiary/aromatic N) is 4. The summed E-state index contributed by atoms with van der Waals surface area (Å²) in [4.78, 5) is 21.6. The molecular formula is C21H19N5O2. The van der Waals surface area contributed by atoms with Crippen LogP contribution in [0.5, 0.6) is 0 Å². The number of hydrogen-bond donors (Lipinski definition) is 1. The molecule has 0 bridgehead atoms. The molecule has 0 atom stereocenters. The molecule has 4 aromatic rings. The molecule has 28 heavy (non-hydrogen) atoms. The highest BCUT2D eigenvalue weighted by Crippen LogP contribution is 2.40. The lowest BCUT2D eigenvalue weighted by Gasteiger charge is -2.09. The highest BCUT2D eigenvalue weighted by Gasteiger charge is 2.29. The fourth-order valence-corrected chi connectivity index (χ4v) is 3.29. The monoisotopic (exact) mass is 373 g/mol. The van der Waals surface area contributed by atoms with Gasteiger partial charge in [-0.1, -0.05) is 23.4 Å². The van der Waals surface area contributed by atoms with Gasteiger partial charge < -0.3 is 9.09 Å². The topological polar surface area (TPSA) is 85.8 Å². The maximum Gasteiger partial charge on any atom is 0.280 e. The summed E-state index contributed by atoms with van der Waals surface area (Å²) in [7, 11) is 0. The Bertz CT molecular complexity index is 1130. The summed E-state index contributed by atoms with van der Waals surface area (Å²) >= 11 is 0. The van der Waals surface area contributed by atoms with Crippen LogP contribution in [0.2, 0.25) is 0 Å². The first-order valence-corrected chi connectivity index (χ1v) is 9.41. The summed E-state index contributed by atoms with van der Waals surface area (Å²) in [6.07, 6.45) is 4.71. The van der Waals surface area contributed by atoms with Gasteiger partial charge in [0.1, 0.15) is 5.76 Å². The molecule has 0 radical (unpaired) electrons. The zero-order valence-electron chi connectivity index (χ0n) is 15.2. The van der Waals surface area contributed by atoms with Gasteiger partial charge in [0.25, 0.3) is 5.91 Å². The van der Waals surface area contributed by atoms with Gasteiger partial charge in [0.15, 0.2) is 5.69 Å². The van der Waals surface area contributed by atoms with Crippen LogP contribution in [0.1, 0.15) is 40.7 Å². The van der Waals surface area contributed by atoms with E-state index in [1.54, 1.807) is 12.3 Å². The normalized spacial score (nSPS) is 13.7. The number of carbonyl (C=O) groups is 1. The molecule has 3 aromatic heterocycles. The number of pyridine rings is 1. The lowest BCUT2D eigenvalue weighted by atomic mass is 10.2. The van der Waals surface area contributed by atoms with Crippen molar-refractivity contribution < 1.29 is 9.32 Å². The third-order valence-electron chi connectivity index (χ3n) is 4.94. The van der Waals surface area contributed by atoms with Crippen LogP contribution in [0.25, 0.3) is 11.0 Å². The van der Waals surface area contributed by atoms with Crippen LogP contribution in [0.15, 0.2) is 59.3 Å². The first-order valence-electron chi connectivity index (χ1n) is 9.41. The Labute approximate surface area is 161 Å². The molecule has 1 saturated carbocycles. The van der Waals surface area contributed by atoms with E-state index in [2.05, 4.69) is 20.4 Å². The molecule has 0 unspecified atom stereocenters. The Kier molecular flexibility index (Phi) is 4.12. The summed E-state index contributed by atoms with van der Waals surface area (Å²) in [6.45, 7) is 0.652. The van der Waals surface area contributed by atoms with E-state index in [4.69, 9.17) is 4.52 Å². The van der Waals surface area contributed by atoms with Crippen LogP contribution in [-0.2, 0) is 13.0 Å². The largest absolute Gasteiger partial charge is 0.360 e. The molecule has 7 nitrogen and oxygen atoms in total. The standard InChI is InChI=1S/C21H19N5O2/c27-20(17-13-19(28-25-17)14-8-9-14)24-21-23-16-6-1-2-7-18(16)26(21)12-10-15-5-3-4-11-22-15/h1-7,11,13-14H,8-10,12H2,(H,23,24,27). The Morgan fingerprint density at radius 1 is 1.18 bits per heavy atom. The summed E-state index contributed by atoms with van der Waals surface area (Å²) in [6, 6.07) is 15.4. The van der Waals surface area contributed by atoms with E-state index in [-0.39, 0.29) is 11.6 Å². The molecule has 3 heterocycles. The zero-order chi connectivity index (χ0) is 18.9. The predicted molar refractivity (Wildman–Crippen MR) is 104 cm³/mol. The van der Waals surface area contributed by atoms with Crippen molar-refractivity contribution in [2.45, 2.75) is 31.7 Å². The van der Waals surface area contributed by atoms with Gasteiger partial charge in [-0.15, -0.1) is 0 Å². The molecule has 5 rings (SSSR count). The van der Waals surface area contributed by atoms with Crippen LogP contribution in [0, 0.1) is 0 Å². The Balaban J connectivity index is 1.41. The van der Waals surface area contributed by atoms with Crippen molar-refractivity contribution >= 4 is 22.9 Å². The average Bonchev–Trinajstić information content (AvgIpc) is 3.35. The van der Waals surface area contributed by atoms with Crippen LogP contribution >= 0.6 is 0 Å². The summed E-state index contributed by atoms with van der Waals surface area (Å²) < 4.78 is 7.30. The van der Waals surface area contributed by atoms with Gasteiger partial charge in [-0.2, -0.15) is 0 Å². The first-order chi connectivity index (χ1) is 13.8. The third-order valence-corrected chi connectivity index (χ3v) is 4.94. The summed E-state index contributed by atoms with van der Waals surface area (Å²) in [5.74, 6) is 1.38. The molecule has 1 aromatic carbocycles. The second-order valence-corrected chi connectivity index (χ2v) is 6.99. The molecule has 140 valence electrons. The van der Waals surface area contributed by atoms with E-state index in [0.717, 1.165) is 41.8 Å². The smallest absolute Gasteiger partial charge is 0.280 e. The predicted octanol–water partition coefficient (Wildman–Crippen LogP) is 3.79. The fourth-order valence-electron chi connectivity index (χ4n) is 3.29. The molecule has 7 heteroatoms. The number of aryl methyl sites for hydroxylation is 2. The minimum atomic E-state index is -0.315. The number of carbonyl (C=O) groups excluding carboxylic acids is 1. The molecule has 1 amide bonds. The van der Waals surface area contributed by atoms with Gasteiger partial charge in [-0.3, -0.25) is 15.1 Å². The van der Waals surface area contributed by atoms with E-state index in [9.17, 15) is 4.79 Å². The molecule has 0 aliphatic heterocycles. The van der Waals surface area contributed by atoms with Crippen LogP contribution in [0.4, 0.5) is 5.95 Å². The number of imidazole rings is 1. The molecule has 1 fully saturated rings. The lowest BCUT2D eigenvalue weighted by molar-refractivity contribution is 0.101. The van der Waals surface area contributed by atoms with Crippen molar-refractivity contribution in [2.75, 3.05) is 5.32 Å². The van der Waals surface area contributed by atoms with Gasteiger partial charge in [-0.25, -0.2) is 4.98 Å². The van der Waals surface area contributed by atoms with E-state index in [1.807, 2.05) is 47.0 Å². The van der Waals surface area contributed by atoms with E-state index in [0.29, 0.717) is 18.4 Å². The molecule has 1 aliphatic carbocycles. The number of hydrogen-bond acceptors (Lipinski definition) is 5. The number of amides is 1. The second kappa shape index (κ2) is 6.92. The number of nitrogens with one attached hydrogen (secondary N) is 1. The average molecular weight is 373 g/mol. The number of rotatable bonds is 6. The van der Waals surface area contributed by atoms with Crippen molar-refractivity contribution in [3.63, 3.8) is 0 Å². The first kappa shape index (κ1) is 16.7. The zero-order valence-corrected chi connectivity index (χ0v) is 15.2. The second-order valence-electron chi connectivity index (χ2n) is 6.99. The van der Waals surface area contributed by atoms with E-state index < -0.39 is 0 Å². The number of aromatic nitrogens is 4. The number of anilines is 1. The third kappa shape index (κ3) is 3.26. The maximum absolute atomic E-state index is 12.7. The van der Waals surface area contributed by atoms with Crippen molar-refractivity contribution in [3.05, 3.63) is 71.9 Å². The quantitative estimate of drug-likeness (QED) is 0.556. The molecule has 0 spiro atoms. The Morgan fingerprint density at radius 3 is 2.86 bits per heavy atom. The molecular weight excluding hydrogens is 354 g/mol. The van der Waals surface area contributed by atoms with Crippen molar-refractivity contribution in [1.82, 2.24) is 19.7 Å². The fraction of sp³-hybridized carbons (Fsp3) is 0.238. The van der Waals surface area contributed by atoms with Gasteiger partial charge in [0.2, 0.25) is 5.95 Å². The minimum Gasteiger partial charge on any atom is -0.360 e. The maximum atomic E-state index is 12.7. The van der Waals surface area contributed by atoms with Gasteiger partial charge in [0.05, 0.1) is 11.0 Å². The van der Waals surface area contributed by atoms with Crippen LogP contribution < -0.4 is 5.32 Å². The van der Waals surface area contributed by atoms with Gasteiger partial charge >= 0.3 is 0 Å². The van der Waals surface area contributed by atoms with Crippen LogP contribution in [-0.4, -0.2) is 25.6 Å². The number of benzene rings is 1. The number of fused-ring (bicyclic) bond motifs is 1. The number of para-hydroxylation sites is 2. The summed E-state index contributed by atoms with van der Waals surface area (Å²) in [5.41, 5.74) is 3.07. The van der Waals surface area contributed by atoms with Gasteiger partial charge in [0, 0.05) is 36.8 Å². The molecule has 0 saturated heterocycles.